The van der Waals surface area contributed by atoms with E-state index in [-0.39, 0.29) is 33.8 Å². The normalized spacial score (nSPS) is 17.8. The predicted octanol–water partition coefficient (Wildman–Crippen LogP) is 4.55. The van der Waals surface area contributed by atoms with Gasteiger partial charge in [0.15, 0.2) is 0 Å². The van der Waals surface area contributed by atoms with E-state index in [2.05, 4.69) is 15.1 Å². The van der Waals surface area contributed by atoms with Gasteiger partial charge in [-0.1, -0.05) is 0 Å². The van der Waals surface area contributed by atoms with E-state index in [9.17, 15) is 18.0 Å². The standard InChI is InChI=1S/C26H26F4N6O2/c1-14-32-23-18(24(37)35(14)5)9-21(33-22(23)17-7-6-16(8-19(17)27)26(28,29)30)36-12-20(38-25(2,3)13-36)15-10-31-34(4)11-15/h6-11,20H,12-13H2,1-5H3. The lowest BCUT2D eigenvalue weighted by Crippen LogP contribution is -2.50. The number of ether oxygens (including phenoxy) is 1. The van der Waals surface area contributed by atoms with Gasteiger partial charge in [0.1, 0.15) is 34.8 Å². The first-order valence-electron chi connectivity index (χ1n) is 11.9. The molecule has 1 unspecified atom stereocenters. The first kappa shape index (κ1) is 25.8. The third kappa shape index (κ3) is 4.64. The van der Waals surface area contributed by atoms with Crippen LogP contribution in [-0.4, -0.2) is 43.0 Å². The monoisotopic (exact) mass is 530 g/mol. The molecule has 0 aliphatic carbocycles. The van der Waals surface area contributed by atoms with Gasteiger partial charge in [0.05, 0.1) is 29.3 Å². The number of nitrogens with zero attached hydrogens (tertiary/aromatic N) is 6. The van der Waals surface area contributed by atoms with Crippen molar-refractivity contribution in [2.24, 2.45) is 14.1 Å². The average Bonchev–Trinajstić information content (AvgIpc) is 3.27. The molecule has 0 radical (unpaired) electrons. The molecule has 1 fully saturated rings. The fourth-order valence-corrected chi connectivity index (χ4v) is 4.74. The Labute approximate surface area is 215 Å². The van der Waals surface area contributed by atoms with Crippen LogP contribution in [0.25, 0.3) is 22.2 Å². The van der Waals surface area contributed by atoms with Crippen molar-refractivity contribution in [3.63, 3.8) is 0 Å². The fraction of sp³-hybridized carbons (Fsp3) is 0.385. The molecule has 38 heavy (non-hydrogen) atoms. The zero-order valence-electron chi connectivity index (χ0n) is 21.5. The number of rotatable bonds is 3. The van der Waals surface area contributed by atoms with Crippen LogP contribution < -0.4 is 10.5 Å². The Hall–Kier alpha value is -3.80. The van der Waals surface area contributed by atoms with Crippen molar-refractivity contribution in [2.75, 3.05) is 18.0 Å². The van der Waals surface area contributed by atoms with Crippen LogP contribution in [0.15, 0.2) is 41.5 Å². The molecule has 4 aromatic rings. The number of aromatic nitrogens is 5. The van der Waals surface area contributed by atoms with Gasteiger partial charge in [0.25, 0.3) is 5.56 Å². The third-order valence-corrected chi connectivity index (χ3v) is 6.66. The molecular formula is C26H26F4N6O2. The highest BCUT2D eigenvalue weighted by atomic mass is 19.4. The maximum atomic E-state index is 15.2. The molecule has 1 saturated heterocycles. The molecule has 1 aromatic carbocycles. The van der Waals surface area contributed by atoms with Crippen LogP contribution in [0.4, 0.5) is 23.4 Å². The molecule has 0 bridgehead atoms. The van der Waals surface area contributed by atoms with Crippen LogP contribution in [0.2, 0.25) is 0 Å². The Morgan fingerprint density at radius 1 is 1.13 bits per heavy atom. The summed E-state index contributed by atoms with van der Waals surface area (Å²) in [7, 11) is 3.37. The number of aryl methyl sites for hydroxylation is 2. The molecule has 8 nitrogen and oxygen atoms in total. The molecule has 0 saturated carbocycles. The Morgan fingerprint density at radius 2 is 1.87 bits per heavy atom. The van der Waals surface area contributed by atoms with Crippen LogP contribution in [0.5, 0.6) is 0 Å². The first-order chi connectivity index (χ1) is 17.7. The maximum Gasteiger partial charge on any atom is 0.416 e. The van der Waals surface area contributed by atoms with Crippen molar-refractivity contribution in [2.45, 2.75) is 38.7 Å². The largest absolute Gasteiger partial charge is 0.416 e. The van der Waals surface area contributed by atoms with E-state index in [1.54, 1.807) is 38.0 Å². The van der Waals surface area contributed by atoms with Crippen molar-refractivity contribution < 1.29 is 22.3 Å². The van der Waals surface area contributed by atoms with E-state index in [0.29, 0.717) is 30.8 Å². The maximum absolute atomic E-state index is 15.2. The molecule has 5 rings (SSSR count). The van der Waals surface area contributed by atoms with Crippen molar-refractivity contribution >= 4 is 16.7 Å². The summed E-state index contributed by atoms with van der Waals surface area (Å²) in [6.45, 7) is 6.22. The minimum absolute atomic E-state index is 0.00764. The fourth-order valence-electron chi connectivity index (χ4n) is 4.74. The SMILES string of the molecule is Cc1nc2c(-c3ccc(C(F)(F)F)cc3F)nc(N3CC(c4cnn(C)c4)OC(C)(C)C3)cc2c(=O)n1C. The molecule has 4 heterocycles. The summed E-state index contributed by atoms with van der Waals surface area (Å²) in [5.74, 6) is -0.393. The minimum Gasteiger partial charge on any atom is -0.364 e. The summed E-state index contributed by atoms with van der Waals surface area (Å²) in [6.07, 6.45) is -1.51. The number of hydrogen-bond donors (Lipinski definition) is 0. The first-order valence-corrected chi connectivity index (χ1v) is 11.9. The van der Waals surface area contributed by atoms with Crippen LogP contribution in [0, 0.1) is 12.7 Å². The lowest BCUT2D eigenvalue weighted by atomic mass is 10.0. The van der Waals surface area contributed by atoms with Crippen molar-refractivity contribution in [3.05, 3.63) is 69.8 Å². The van der Waals surface area contributed by atoms with Gasteiger partial charge >= 0.3 is 6.18 Å². The summed E-state index contributed by atoms with van der Waals surface area (Å²) in [6, 6.07) is 3.85. The summed E-state index contributed by atoms with van der Waals surface area (Å²) in [4.78, 5) is 24.3. The van der Waals surface area contributed by atoms with E-state index in [1.165, 1.54) is 4.57 Å². The third-order valence-electron chi connectivity index (χ3n) is 6.66. The van der Waals surface area contributed by atoms with Gasteiger partial charge in [-0.15, -0.1) is 0 Å². The molecular weight excluding hydrogens is 504 g/mol. The zero-order chi connectivity index (χ0) is 27.6. The van der Waals surface area contributed by atoms with Gasteiger partial charge in [-0.2, -0.15) is 18.3 Å². The molecule has 1 atom stereocenters. The van der Waals surface area contributed by atoms with Crippen molar-refractivity contribution in [1.82, 2.24) is 24.3 Å². The summed E-state index contributed by atoms with van der Waals surface area (Å²) in [5.41, 5.74) is -1.33. The molecule has 3 aromatic heterocycles. The van der Waals surface area contributed by atoms with E-state index in [1.807, 2.05) is 24.9 Å². The molecule has 0 spiro atoms. The number of benzene rings is 1. The van der Waals surface area contributed by atoms with Gasteiger partial charge in [-0.3, -0.25) is 14.0 Å². The van der Waals surface area contributed by atoms with Gasteiger partial charge in [-0.05, 0) is 45.0 Å². The number of morpholine rings is 1. The number of halogens is 4. The van der Waals surface area contributed by atoms with E-state index < -0.39 is 23.2 Å². The van der Waals surface area contributed by atoms with Crippen LogP contribution in [0.3, 0.4) is 0 Å². The minimum atomic E-state index is -4.71. The smallest absolute Gasteiger partial charge is 0.364 e. The molecule has 0 amide bonds. The summed E-state index contributed by atoms with van der Waals surface area (Å²) in [5, 5.41) is 4.40. The highest BCUT2D eigenvalue weighted by molar-refractivity contribution is 5.93. The highest BCUT2D eigenvalue weighted by Gasteiger charge is 2.36. The Bertz CT molecular complexity index is 1610. The second kappa shape index (κ2) is 8.90. The summed E-state index contributed by atoms with van der Waals surface area (Å²) < 4.78 is 64.1. The van der Waals surface area contributed by atoms with E-state index in [0.717, 1.165) is 17.7 Å². The molecule has 200 valence electrons. The summed E-state index contributed by atoms with van der Waals surface area (Å²) >= 11 is 0. The Balaban J connectivity index is 1.70. The number of alkyl halides is 3. The van der Waals surface area contributed by atoms with E-state index >= 15 is 4.39 Å². The topological polar surface area (TPSA) is 78.1 Å². The van der Waals surface area contributed by atoms with Crippen LogP contribution in [-0.2, 0) is 25.0 Å². The highest BCUT2D eigenvalue weighted by Crippen LogP contribution is 2.37. The van der Waals surface area contributed by atoms with Gasteiger partial charge < -0.3 is 9.64 Å². The predicted molar refractivity (Wildman–Crippen MR) is 133 cm³/mol. The van der Waals surface area contributed by atoms with Crippen LogP contribution >= 0.6 is 0 Å². The second-order valence-corrected chi connectivity index (χ2v) is 10.1. The zero-order valence-corrected chi connectivity index (χ0v) is 21.5. The van der Waals surface area contributed by atoms with Crippen molar-refractivity contribution in [1.29, 1.82) is 0 Å². The lowest BCUT2D eigenvalue weighted by Gasteiger charge is -2.43. The Morgan fingerprint density at radius 3 is 2.50 bits per heavy atom. The number of pyridine rings is 1. The van der Waals surface area contributed by atoms with Gasteiger partial charge in [0.2, 0.25) is 0 Å². The van der Waals surface area contributed by atoms with Gasteiger partial charge in [-0.25, -0.2) is 14.4 Å². The molecule has 1 aliphatic heterocycles. The average molecular weight is 531 g/mol. The lowest BCUT2D eigenvalue weighted by molar-refractivity contribution is -0.137. The Kier molecular flexibility index (Phi) is 6.05. The number of hydrogen-bond acceptors (Lipinski definition) is 6. The van der Waals surface area contributed by atoms with Crippen molar-refractivity contribution in [3.8, 4) is 11.3 Å². The molecule has 1 aliphatic rings. The van der Waals surface area contributed by atoms with Crippen LogP contribution in [0.1, 0.15) is 36.9 Å². The van der Waals surface area contributed by atoms with Gasteiger partial charge in [0, 0.05) is 38.0 Å². The molecule has 12 heteroatoms. The molecule has 0 N–H and O–H groups in total. The second-order valence-electron chi connectivity index (χ2n) is 10.1. The quantitative estimate of drug-likeness (QED) is 0.362. The number of fused-ring (bicyclic) bond motifs is 1. The number of anilines is 1. The van der Waals surface area contributed by atoms with E-state index in [4.69, 9.17) is 4.74 Å².